The summed E-state index contributed by atoms with van der Waals surface area (Å²) in [6.45, 7) is 1.19. The number of nitrogens with two attached hydrogens (primary N) is 1. The van der Waals surface area contributed by atoms with Gasteiger partial charge in [-0.1, -0.05) is 30.4 Å². The first kappa shape index (κ1) is 15.3. The Bertz CT molecular complexity index is 604. The van der Waals surface area contributed by atoms with Crippen LogP contribution in [-0.2, 0) is 0 Å². The van der Waals surface area contributed by atoms with Crippen LogP contribution >= 0.6 is 12.2 Å². The monoisotopic (exact) mass is 304 g/mol. The van der Waals surface area contributed by atoms with Gasteiger partial charge in [0.25, 0.3) is 0 Å². The van der Waals surface area contributed by atoms with Crippen LogP contribution in [0.5, 0.6) is 5.75 Å². The zero-order chi connectivity index (χ0) is 15.1. The van der Waals surface area contributed by atoms with Gasteiger partial charge in [0.05, 0.1) is 12.3 Å². The molecule has 0 heterocycles. The van der Waals surface area contributed by atoms with E-state index in [9.17, 15) is 4.39 Å². The second kappa shape index (κ2) is 7.59. The molecule has 110 valence electrons. The van der Waals surface area contributed by atoms with Gasteiger partial charge in [-0.05, 0) is 36.8 Å². The summed E-state index contributed by atoms with van der Waals surface area (Å²) in [5.41, 5.74) is 6.42. The highest BCUT2D eigenvalue weighted by Crippen LogP contribution is 2.16. The molecule has 0 atom stereocenters. The molecule has 0 saturated heterocycles. The Hall–Kier alpha value is -2.14. The number of ether oxygens (including phenoxy) is 1. The van der Waals surface area contributed by atoms with Crippen LogP contribution in [0.3, 0.4) is 0 Å². The van der Waals surface area contributed by atoms with Gasteiger partial charge in [-0.25, -0.2) is 4.39 Å². The third kappa shape index (κ3) is 4.72. The molecule has 0 aromatic heterocycles. The summed E-state index contributed by atoms with van der Waals surface area (Å²) in [5.74, 6) is 0.480. The van der Waals surface area contributed by atoms with Crippen molar-refractivity contribution < 1.29 is 9.13 Å². The molecule has 0 fully saturated rings. The number of halogens is 1. The van der Waals surface area contributed by atoms with Crippen molar-refractivity contribution in [1.82, 2.24) is 0 Å². The van der Waals surface area contributed by atoms with Gasteiger partial charge in [-0.2, -0.15) is 0 Å². The average molecular weight is 304 g/mol. The highest BCUT2D eigenvalue weighted by molar-refractivity contribution is 7.80. The van der Waals surface area contributed by atoms with E-state index in [-0.39, 0.29) is 10.8 Å². The molecule has 5 heteroatoms. The lowest BCUT2D eigenvalue weighted by Crippen LogP contribution is -2.11. The van der Waals surface area contributed by atoms with Crippen LogP contribution in [0.4, 0.5) is 10.1 Å². The molecule has 0 spiro atoms. The van der Waals surface area contributed by atoms with Crippen molar-refractivity contribution in [3.63, 3.8) is 0 Å². The number of benzene rings is 2. The molecule has 0 aliphatic carbocycles. The van der Waals surface area contributed by atoms with E-state index >= 15 is 0 Å². The maximum Gasteiger partial charge on any atom is 0.146 e. The van der Waals surface area contributed by atoms with Crippen molar-refractivity contribution in [3.05, 3.63) is 59.9 Å². The van der Waals surface area contributed by atoms with Crippen molar-refractivity contribution >= 4 is 22.9 Å². The lowest BCUT2D eigenvalue weighted by molar-refractivity contribution is 0.315. The van der Waals surface area contributed by atoms with Gasteiger partial charge in [0, 0.05) is 12.1 Å². The van der Waals surface area contributed by atoms with Crippen LogP contribution in [0.1, 0.15) is 12.0 Å². The van der Waals surface area contributed by atoms with E-state index in [1.54, 1.807) is 12.1 Å². The molecule has 2 aromatic rings. The zero-order valence-corrected chi connectivity index (χ0v) is 12.3. The van der Waals surface area contributed by atoms with E-state index in [1.807, 2.05) is 30.3 Å². The molecule has 21 heavy (non-hydrogen) atoms. The van der Waals surface area contributed by atoms with Crippen molar-refractivity contribution in [2.24, 2.45) is 5.73 Å². The predicted octanol–water partition coefficient (Wildman–Crippen LogP) is 3.34. The highest BCUT2D eigenvalue weighted by atomic mass is 32.1. The normalized spacial score (nSPS) is 10.1. The summed E-state index contributed by atoms with van der Waals surface area (Å²) in [5, 5.41) is 3.03. The van der Waals surface area contributed by atoms with Gasteiger partial charge >= 0.3 is 0 Å². The molecule has 0 amide bonds. The second-order valence-corrected chi connectivity index (χ2v) is 4.94. The van der Waals surface area contributed by atoms with Crippen molar-refractivity contribution in [2.75, 3.05) is 18.5 Å². The fraction of sp³-hybridized carbons (Fsp3) is 0.188. The Labute approximate surface area is 128 Å². The molecule has 0 aliphatic heterocycles. The van der Waals surface area contributed by atoms with Gasteiger partial charge in [0.2, 0.25) is 0 Å². The van der Waals surface area contributed by atoms with Crippen LogP contribution in [0.2, 0.25) is 0 Å². The number of hydrogen-bond acceptors (Lipinski definition) is 3. The summed E-state index contributed by atoms with van der Waals surface area (Å²) >= 11 is 4.81. The minimum absolute atomic E-state index is 0.191. The predicted molar refractivity (Wildman–Crippen MR) is 87.3 cm³/mol. The van der Waals surface area contributed by atoms with Crippen LogP contribution in [0.15, 0.2) is 48.5 Å². The molecule has 0 bridgehead atoms. The summed E-state index contributed by atoms with van der Waals surface area (Å²) in [7, 11) is 0. The number of nitrogens with one attached hydrogen (secondary N) is 1. The standard InChI is InChI=1S/C16H17FN2OS/c17-14-11-12(16(18)21)7-8-15(14)19-9-4-10-20-13-5-2-1-3-6-13/h1-3,5-8,11,19H,4,9-10H2,(H2,18,21). The van der Waals surface area contributed by atoms with E-state index in [0.717, 1.165) is 12.2 Å². The first-order chi connectivity index (χ1) is 10.2. The van der Waals surface area contributed by atoms with E-state index in [1.165, 1.54) is 6.07 Å². The zero-order valence-electron chi connectivity index (χ0n) is 11.5. The lowest BCUT2D eigenvalue weighted by atomic mass is 10.2. The summed E-state index contributed by atoms with van der Waals surface area (Å²) in [6.07, 6.45) is 0.769. The van der Waals surface area contributed by atoms with Gasteiger partial charge in [-0.3, -0.25) is 0 Å². The van der Waals surface area contributed by atoms with E-state index in [0.29, 0.717) is 24.4 Å². The fourth-order valence-corrected chi connectivity index (χ4v) is 1.94. The molecule has 0 unspecified atom stereocenters. The van der Waals surface area contributed by atoms with E-state index in [2.05, 4.69) is 5.32 Å². The SMILES string of the molecule is NC(=S)c1ccc(NCCCOc2ccccc2)c(F)c1. The minimum Gasteiger partial charge on any atom is -0.494 e. The first-order valence-corrected chi connectivity index (χ1v) is 7.09. The number of para-hydroxylation sites is 1. The minimum atomic E-state index is -0.357. The molecule has 3 N–H and O–H groups in total. The number of thiocarbonyl (C=S) groups is 1. The summed E-state index contributed by atoms with van der Waals surface area (Å²) in [6, 6.07) is 14.3. The van der Waals surface area contributed by atoms with Crippen molar-refractivity contribution in [2.45, 2.75) is 6.42 Å². The third-order valence-corrected chi connectivity index (χ3v) is 3.14. The molecule has 2 aromatic carbocycles. The second-order valence-electron chi connectivity index (χ2n) is 4.50. The van der Waals surface area contributed by atoms with Crippen LogP contribution < -0.4 is 15.8 Å². The van der Waals surface area contributed by atoms with Gasteiger partial charge < -0.3 is 15.8 Å². The first-order valence-electron chi connectivity index (χ1n) is 6.68. The fourth-order valence-electron chi connectivity index (χ4n) is 1.81. The molecule has 0 aliphatic rings. The van der Waals surface area contributed by atoms with Crippen molar-refractivity contribution in [1.29, 1.82) is 0 Å². The molecular formula is C16H17FN2OS. The molecular weight excluding hydrogens is 287 g/mol. The number of anilines is 1. The maximum absolute atomic E-state index is 13.8. The van der Waals surface area contributed by atoms with Crippen LogP contribution in [0.25, 0.3) is 0 Å². The Balaban J connectivity index is 1.75. The quantitative estimate of drug-likeness (QED) is 0.608. The smallest absolute Gasteiger partial charge is 0.146 e. The highest BCUT2D eigenvalue weighted by Gasteiger charge is 2.04. The average Bonchev–Trinajstić information content (AvgIpc) is 2.49. The number of hydrogen-bond donors (Lipinski definition) is 2. The maximum atomic E-state index is 13.8. The van der Waals surface area contributed by atoms with E-state index < -0.39 is 0 Å². The molecule has 2 rings (SSSR count). The Morgan fingerprint density at radius 3 is 2.62 bits per heavy atom. The Morgan fingerprint density at radius 2 is 1.95 bits per heavy atom. The van der Waals surface area contributed by atoms with Gasteiger partial charge in [0.15, 0.2) is 0 Å². The molecule has 0 radical (unpaired) electrons. The Kier molecular flexibility index (Phi) is 5.51. The van der Waals surface area contributed by atoms with E-state index in [4.69, 9.17) is 22.7 Å². The number of rotatable bonds is 7. The molecule has 0 saturated carbocycles. The summed E-state index contributed by atoms with van der Waals surface area (Å²) < 4.78 is 19.3. The summed E-state index contributed by atoms with van der Waals surface area (Å²) in [4.78, 5) is 0.191. The Morgan fingerprint density at radius 1 is 1.19 bits per heavy atom. The van der Waals surface area contributed by atoms with Crippen molar-refractivity contribution in [3.8, 4) is 5.75 Å². The van der Waals surface area contributed by atoms with Gasteiger partial charge in [-0.15, -0.1) is 0 Å². The lowest BCUT2D eigenvalue weighted by Gasteiger charge is -2.09. The topological polar surface area (TPSA) is 47.3 Å². The van der Waals surface area contributed by atoms with Crippen LogP contribution in [0, 0.1) is 5.82 Å². The molecule has 3 nitrogen and oxygen atoms in total. The largest absolute Gasteiger partial charge is 0.494 e. The van der Waals surface area contributed by atoms with Gasteiger partial charge in [0.1, 0.15) is 16.6 Å². The van der Waals surface area contributed by atoms with Crippen LogP contribution in [-0.4, -0.2) is 18.1 Å². The third-order valence-electron chi connectivity index (χ3n) is 2.90.